The molecule has 0 radical (unpaired) electrons. The number of rotatable bonds is 5. The van der Waals surface area contributed by atoms with Crippen molar-refractivity contribution in [2.75, 3.05) is 0 Å². The number of hydrogen-bond donors (Lipinski definition) is 0. The SMILES string of the molecule is c1ccc(-n2c3ccccc3c3cccc(-c4nc(-c5cc6oc7ccccc7c6cc5-n5c6ccccc6c6cc7ccccc7cc65)nc(-c5cccc6c5oc5ccccc56)n4)c32)cc1. The minimum atomic E-state index is 0.498. The highest BCUT2D eigenvalue weighted by atomic mass is 16.3. The highest BCUT2D eigenvalue weighted by Gasteiger charge is 2.25. The zero-order valence-corrected chi connectivity index (χ0v) is 36.3. The zero-order valence-electron chi connectivity index (χ0n) is 36.3. The largest absolute Gasteiger partial charge is 0.456 e. The number of aromatic nitrogens is 5. The van der Waals surface area contributed by atoms with Crippen molar-refractivity contribution in [3.05, 3.63) is 212 Å². The molecule has 15 aromatic rings. The van der Waals surface area contributed by atoms with Gasteiger partial charge < -0.3 is 18.0 Å². The van der Waals surface area contributed by atoms with E-state index in [1.807, 2.05) is 30.3 Å². The van der Waals surface area contributed by atoms with Crippen molar-refractivity contribution in [2.45, 2.75) is 0 Å². The van der Waals surface area contributed by atoms with E-state index in [4.69, 9.17) is 23.8 Å². The maximum Gasteiger partial charge on any atom is 0.167 e. The zero-order chi connectivity index (χ0) is 44.5. The predicted octanol–water partition coefficient (Wildman–Crippen LogP) is 16.0. The molecule has 0 aliphatic heterocycles. The molecule has 0 fully saturated rings. The van der Waals surface area contributed by atoms with Gasteiger partial charge in [-0.1, -0.05) is 140 Å². The third kappa shape index (κ3) is 5.32. The van der Waals surface area contributed by atoms with E-state index in [1.54, 1.807) is 0 Å². The van der Waals surface area contributed by atoms with Crippen LogP contribution >= 0.6 is 0 Å². The van der Waals surface area contributed by atoms with Crippen LogP contribution in [0, 0.1) is 0 Å². The van der Waals surface area contributed by atoms with Crippen LogP contribution in [0.1, 0.15) is 0 Å². The van der Waals surface area contributed by atoms with E-state index in [2.05, 4.69) is 191 Å². The third-order valence-corrected chi connectivity index (χ3v) is 13.7. The van der Waals surface area contributed by atoms with Crippen molar-refractivity contribution in [1.82, 2.24) is 24.1 Å². The highest BCUT2D eigenvalue weighted by molar-refractivity contribution is 6.16. The molecule has 0 amide bonds. The Kier molecular flexibility index (Phi) is 7.65. The highest BCUT2D eigenvalue weighted by Crippen LogP contribution is 2.44. The molecule has 10 aromatic carbocycles. The molecule has 0 unspecified atom stereocenters. The molecule has 0 saturated heterocycles. The van der Waals surface area contributed by atoms with Crippen LogP contribution in [0.5, 0.6) is 0 Å². The predicted molar refractivity (Wildman–Crippen MR) is 277 cm³/mol. The van der Waals surface area contributed by atoms with Crippen LogP contribution in [-0.2, 0) is 0 Å². The van der Waals surface area contributed by atoms with Crippen molar-refractivity contribution in [2.24, 2.45) is 0 Å². The van der Waals surface area contributed by atoms with Gasteiger partial charge >= 0.3 is 0 Å². The lowest BCUT2D eigenvalue weighted by Gasteiger charge is -2.16. The molecule has 7 nitrogen and oxygen atoms in total. The van der Waals surface area contributed by atoms with Crippen LogP contribution < -0.4 is 0 Å². The molecule has 0 aliphatic carbocycles. The van der Waals surface area contributed by atoms with Gasteiger partial charge in [0.25, 0.3) is 0 Å². The first-order chi connectivity index (χ1) is 33.7. The van der Waals surface area contributed by atoms with E-state index in [-0.39, 0.29) is 0 Å². The van der Waals surface area contributed by atoms with E-state index in [0.717, 1.165) is 121 Å². The summed E-state index contributed by atoms with van der Waals surface area (Å²) in [4.78, 5) is 16.6. The second-order valence-corrected chi connectivity index (χ2v) is 17.5. The average molecular weight is 870 g/mol. The van der Waals surface area contributed by atoms with Crippen molar-refractivity contribution in [1.29, 1.82) is 0 Å². The lowest BCUT2D eigenvalue weighted by atomic mass is 10.0. The topological polar surface area (TPSA) is 74.8 Å². The van der Waals surface area contributed by atoms with Gasteiger partial charge in [-0.2, -0.15) is 0 Å². The maximum absolute atomic E-state index is 6.70. The molecule has 7 heteroatoms. The lowest BCUT2D eigenvalue weighted by molar-refractivity contribution is 0.668. The van der Waals surface area contributed by atoms with Gasteiger partial charge in [0.1, 0.15) is 22.3 Å². The molecule has 0 N–H and O–H groups in total. The molecule has 316 valence electrons. The van der Waals surface area contributed by atoms with Crippen LogP contribution in [0.2, 0.25) is 0 Å². The number of para-hydroxylation sites is 7. The Morgan fingerprint density at radius 3 is 1.62 bits per heavy atom. The molecule has 0 saturated carbocycles. The van der Waals surface area contributed by atoms with Crippen LogP contribution in [0.25, 0.3) is 144 Å². The Balaban J connectivity index is 1.09. The van der Waals surface area contributed by atoms with Gasteiger partial charge in [-0.3, -0.25) is 0 Å². The van der Waals surface area contributed by atoms with Gasteiger partial charge in [0.15, 0.2) is 17.5 Å². The minimum absolute atomic E-state index is 0.498. The fourth-order valence-corrected chi connectivity index (χ4v) is 10.7. The van der Waals surface area contributed by atoms with Crippen molar-refractivity contribution in [3.8, 4) is 45.5 Å². The standard InChI is InChI=1S/C61H35N5O2/c1-2-18-38(19-3-1)65-50-28-10-6-20-39(50)43-24-14-26-45(57(43)65)59-62-60(46-27-15-25-44-41-22-8-13-31-55(41)68-58(44)46)64-61(63-59)49-35-56-48(42-23-9-12-30-54(42)67-56)34-53(49)66-51-29-11-7-21-40(51)47-32-36-16-4-5-17-37(36)33-52(47)66/h1-35H. The number of fused-ring (bicyclic) bond motifs is 13. The number of nitrogens with zero attached hydrogens (tertiary/aromatic N) is 5. The van der Waals surface area contributed by atoms with Crippen LogP contribution in [-0.4, -0.2) is 24.1 Å². The number of furan rings is 2. The van der Waals surface area contributed by atoms with Crippen molar-refractivity contribution >= 4 is 98.3 Å². The second kappa shape index (κ2) is 14.1. The summed E-state index contributed by atoms with van der Waals surface area (Å²) < 4.78 is 18.1. The quantitative estimate of drug-likeness (QED) is 0.172. The first-order valence-electron chi connectivity index (χ1n) is 22.8. The van der Waals surface area contributed by atoms with Gasteiger partial charge in [-0.25, -0.2) is 15.0 Å². The third-order valence-electron chi connectivity index (χ3n) is 13.7. The first kappa shape index (κ1) is 36.9. The van der Waals surface area contributed by atoms with Crippen LogP contribution in [0.15, 0.2) is 221 Å². The summed E-state index contributed by atoms with van der Waals surface area (Å²) in [7, 11) is 0. The van der Waals surface area contributed by atoms with Gasteiger partial charge in [0, 0.05) is 59.9 Å². The Bertz CT molecular complexity index is 4570. The molecule has 0 atom stereocenters. The molecular formula is C61H35N5O2. The summed E-state index contributed by atoms with van der Waals surface area (Å²) in [6.07, 6.45) is 0. The summed E-state index contributed by atoms with van der Waals surface area (Å²) in [5, 5.41) is 11.0. The summed E-state index contributed by atoms with van der Waals surface area (Å²) >= 11 is 0. The smallest absolute Gasteiger partial charge is 0.167 e. The van der Waals surface area contributed by atoms with Gasteiger partial charge in [0.2, 0.25) is 0 Å². The second-order valence-electron chi connectivity index (χ2n) is 17.5. The number of hydrogen-bond acceptors (Lipinski definition) is 5. The maximum atomic E-state index is 6.70. The van der Waals surface area contributed by atoms with Gasteiger partial charge in [-0.05, 0) is 83.6 Å². The van der Waals surface area contributed by atoms with Crippen molar-refractivity contribution < 1.29 is 8.83 Å². The van der Waals surface area contributed by atoms with Crippen LogP contribution in [0.4, 0.5) is 0 Å². The fourth-order valence-electron chi connectivity index (χ4n) is 10.7. The summed E-state index contributed by atoms with van der Waals surface area (Å²) in [6, 6.07) is 74.4. The van der Waals surface area contributed by atoms with E-state index < -0.39 is 0 Å². The summed E-state index contributed by atoms with van der Waals surface area (Å²) in [5.74, 6) is 1.53. The van der Waals surface area contributed by atoms with E-state index in [9.17, 15) is 0 Å². The number of benzene rings is 10. The Labute approximate surface area is 387 Å². The normalized spacial score (nSPS) is 12.1. The molecular weight excluding hydrogens is 835 g/mol. The molecule has 5 aromatic heterocycles. The van der Waals surface area contributed by atoms with Gasteiger partial charge in [0.05, 0.1) is 33.3 Å². The Morgan fingerprint density at radius 1 is 0.309 bits per heavy atom. The Morgan fingerprint density at radius 2 is 0.853 bits per heavy atom. The lowest BCUT2D eigenvalue weighted by Crippen LogP contribution is -2.05. The molecule has 0 spiro atoms. The fraction of sp³-hybridized carbons (Fsp3) is 0. The van der Waals surface area contributed by atoms with E-state index >= 15 is 0 Å². The first-order valence-corrected chi connectivity index (χ1v) is 22.8. The summed E-state index contributed by atoms with van der Waals surface area (Å²) in [6.45, 7) is 0. The monoisotopic (exact) mass is 869 g/mol. The molecule has 0 aliphatic rings. The average Bonchev–Trinajstić information content (AvgIpc) is 4.15. The molecule has 15 rings (SSSR count). The molecule has 0 bridgehead atoms. The summed E-state index contributed by atoms with van der Waals surface area (Å²) in [5.41, 5.74) is 11.7. The van der Waals surface area contributed by atoms with E-state index in [1.165, 1.54) is 5.39 Å². The Hall–Kier alpha value is -9.33. The van der Waals surface area contributed by atoms with E-state index in [0.29, 0.717) is 17.5 Å². The van der Waals surface area contributed by atoms with Crippen LogP contribution in [0.3, 0.4) is 0 Å². The van der Waals surface area contributed by atoms with Gasteiger partial charge in [-0.15, -0.1) is 0 Å². The molecule has 5 heterocycles. The minimum Gasteiger partial charge on any atom is -0.456 e. The van der Waals surface area contributed by atoms with Crippen molar-refractivity contribution in [3.63, 3.8) is 0 Å². The molecule has 68 heavy (non-hydrogen) atoms.